The van der Waals surface area contributed by atoms with E-state index in [0.717, 1.165) is 49.8 Å². The van der Waals surface area contributed by atoms with E-state index < -0.39 is 10.0 Å². The lowest BCUT2D eigenvalue weighted by Gasteiger charge is -2.22. The molecule has 1 N–H and O–H groups in total. The van der Waals surface area contributed by atoms with E-state index in [1.165, 1.54) is 0 Å². The number of hydrogen-bond acceptors (Lipinski definition) is 3. The Morgan fingerprint density at radius 3 is 2.43 bits per heavy atom. The van der Waals surface area contributed by atoms with Crippen LogP contribution in [0.2, 0.25) is 0 Å². The van der Waals surface area contributed by atoms with Crippen LogP contribution in [0, 0.1) is 0 Å². The second-order valence-corrected chi connectivity index (χ2v) is 8.19. The van der Waals surface area contributed by atoms with Gasteiger partial charge in [0, 0.05) is 18.9 Å². The van der Waals surface area contributed by atoms with Crippen molar-refractivity contribution in [3.8, 4) is 0 Å². The fourth-order valence-electron chi connectivity index (χ4n) is 3.02. The summed E-state index contributed by atoms with van der Waals surface area (Å²) in [5, 5.41) is 3.97. The predicted octanol–water partition coefficient (Wildman–Crippen LogP) is 2.68. The maximum absolute atomic E-state index is 12.3. The number of aromatic nitrogens is 2. The normalized spacial score (nSPS) is 16.5. The lowest BCUT2D eigenvalue weighted by atomic mass is 10.0. The molecule has 0 aliphatic heterocycles. The SMILES string of the molecule is O=S(=O)(NCc1ccc(Cn2cccn2)cc1)C1CCCCC1. The zero-order valence-corrected chi connectivity index (χ0v) is 14.0. The average molecular weight is 333 g/mol. The molecule has 124 valence electrons. The molecule has 2 aromatic rings. The molecule has 0 saturated heterocycles. The Kier molecular flexibility index (Phi) is 5.13. The highest BCUT2D eigenvalue weighted by atomic mass is 32.2. The molecule has 5 nitrogen and oxygen atoms in total. The first-order valence-corrected chi connectivity index (χ1v) is 9.72. The predicted molar refractivity (Wildman–Crippen MR) is 90.4 cm³/mol. The standard InChI is InChI=1S/C17H23N3O2S/c21-23(22,17-5-2-1-3-6-17)19-13-15-7-9-16(10-8-15)14-20-12-4-11-18-20/h4,7-12,17,19H,1-3,5-6,13-14H2. The Morgan fingerprint density at radius 1 is 1.09 bits per heavy atom. The molecule has 1 heterocycles. The highest BCUT2D eigenvalue weighted by Crippen LogP contribution is 2.23. The van der Waals surface area contributed by atoms with Crippen molar-refractivity contribution in [2.45, 2.75) is 50.4 Å². The summed E-state index contributed by atoms with van der Waals surface area (Å²) in [6.07, 6.45) is 8.46. The third-order valence-corrected chi connectivity index (χ3v) is 6.29. The fraction of sp³-hybridized carbons (Fsp3) is 0.471. The molecule has 1 aromatic carbocycles. The lowest BCUT2D eigenvalue weighted by molar-refractivity contribution is 0.477. The van der Waals surface area contributed by atoms with E-state index in [2.05, 4.69) is 9.82 Å². The summed E-state index contributed by atoms with van der Waals surface area (Å²) < 4.78 is 29.3. The quantitative estimate of drug-likeness (QED) is 0.884. The number of nitrogens with one attached hydrogen (secondary N) is 1. The van der Waals surface area contributed by atoms with E-state index in [0.29, 0.717) is 6.54 Å². The number of sulfonamides is 1. The van der Waals surface area contributed by atoms with Crippen molar-refractivity contribution in [1.29, 1.82) is 0 Å². The molecule has 1 fully saturated rings. The van der Waals surface area contributed by atoms with E-state index in [-0.39, 0.29) is 5.25 Å². The van der Waals surface area contributed by atoms with Crippen molar-refractivity contribution in [2.24, 2.45) is 0 Å². The van der Waals surface area contributed by atoms with Crippen molar-refractivity contribution in [3.63, 3.8) is 0 Å². The Bertz CT molecular complexity index is 703. The van der Waals surface area contributed by atoms with Gasteiger partial charge in [-0.3, -0.25) is 4.68 Å². The summed E-state index contributed by atoms with van der Waals surface area (Å²) in [4.78, 5) is 0. The molecular formula is C17H23N3O2S. The van der Waals surface area contributed by atoms with Crippen LogP contribution in [0.5, 0.6) is 0 Å². The molecule has 0 unspecified atom stereocenters. The summed E-state index contributed by atoms with van der Waals surface area (Å²) in [5.41, 5.74) is 2.13. The van der Waals surface area contributed by atoms with Gasteiger partial charge in [-0.25, -0.2) is 13.1 Å². The highest BCUT2D eigenvalue weighted by Gasteiger charge is 2.26. The van der Waals surface area contributed by atoms with Gasteiger partial charge in [-0.05, 0) is 30.0 Å². The van der Waals surface area contributed by atoms with Gasteiger partial charge in [0.05, 0.1) is 11.8 Å². The van der Waals surface area contributed by atoms with E-state index >= 15 is 0 Å². The molecule has 1 aliphatic rings. The minimum absolute atomic E-state index is 0.213. The summed E-state index contributed by atoms with van der Waals surface area (Å²) >= 11 is 0. The van der Waals surface area contributed by atoms with Crippen LogP contribution in [-0.4, -0.2) is 23.4 Å². The van der Waals surface area contributed by atoms with Crippen LogP contribution in [0.3, 0.4) is 0 Å². The topological polar surface area (TPSA) is 64.0 Å². The zero-order valence-electron chi connectivity index (χ0n) is 13.2. The molecular weight excluding hydrogens is 310 g/mol. The van der Waals surface area contributed by atoms with Gasteiger partial charge in [-0.2, -0.15) is 5.10 Å². The maximum atomic E-state index is 12.3. The second kappa shape index (κ2) is 7.27. The van der Waals surface area contributed by atoms with Crippen molar-refractivity contribution in [2.75, 3.05) is 0 Å². The second-order valence-electron chi connectivity index (χ2n) is 6.15. The Morgan fingerprint density at radius 2 is 1.78 bits per heavy atom. The highest BCUT2D eigenvalue weighted by molar-refractivity contribution is 7.90. The van der Waals surface area contributed by atoms with Crippen LogP contribution in [0.15, 0.2) is 42.7 Å². The zero-order chi connectivity index (χ0) is 16.1. The Labute approximate surface area is 137 Å². The molecule has 23 heavy (non-hydrogen) atoms. The van der Waals surface area contributed by atoms with Crippen LogP contribution in [0.25, 0.3) is 0 Å². The largest absolute Gasteiger partial charge is 0.268 e. The van der Waals surface area contributed by atoms with E-state index in [4.69, 9.17) is 0 Å². The maximum Gasteiger partial charge on any atom is 0.214 e. The Hall–Kier alpha value is -1.66. The van der Waals surface area contributed by atoms with E-state index in [1.54, 1.807) is 6.20 Å². The monoisotopic (exact) mass is 333 g/mol. The molecule has 6 heteroatoms. The van der Waals surface area contributed by atoms with Crippen molar-refractivity contribution in [3.05, 3.63) is 53.9 Å². The number of hydrogen-bond donors (Lipinski definition) is 1. The van der Waals surface area contributed by atoms with Crippen molar-refractivity contribution in [1.82, 2.24) is 14.5 Å². The van der Waals surface area contributed by atoms with Crippen molar-refractivity contribution < 1.29 is 8.42 Å². The first-order valence-electron chi connectivity index (χ1n) is 8.17. The van der Waals surface area contributed by atoms with E-state index in [9.17, 15) is 8.42 Å². The summed E-state index contributed by atoms with van der Waals surface area (Å²) in [7, 11) is -3.20. The molecule has 1 saturated carbocycles. The van der Waals surface area contributed by atoms with Gasteiger partial charge in [-0.1, -0.05) is 43.5 Å². The first kappa shape index (κ1) is 16.2. The van der Waals surface area contributed by atoms with Crippen LogP contribution in [-0.2, 0) is 23.1 Å². The molecule has 0 spiro atoms. The van der Waals surface area contributed by atoms with Gasteiger partial charge in [0.2, 0.25) is 10.0 Å². The molecule has 0 radical (unpaired) electrons. The summed E-state index contributed by atoms with van der Waals surface area (Å²) in [6, 6.07) is 9.89. The first-order chi connectivity index (χ1) is 11.1. The molecule has 0 bridgehead atoms. The fourth-order valence-corrected chi connectivity index (χ4v) is 4.58. The minimum Gasteiger partial charge on any atom is -0.268 e. The smallest absolute Gasteiger partial charge is 0.214 e. The third-order valence-electron chi connectivity index (χ3n) is 4.40. The number of benzene rings is 1. The minimum atomic E-state index is -3.20. The van der Waals surface area contributed by atoms with E-state index in [1.807, 2.05) is 41.2 Å². The van der Waals surface area contributed by atoms with Gasteiger partial charge in [0.15, 0.2) is 0 Å². The lowest BCUT2D eigenvalue weighted by Crippen LogP contribution is -2.35. The molecule has 1 aliphatic carbocycles. The number of rotatable bonds is 6. The Balaban J connectivity index is 1.55. The number of nitrogens with zero attached hydrogens (tertiary/aromatic N) is 2. The van der Waals surface area contributed by atoms with Crippen LogP contribution in [0.4, 0.5) is 0 Å². The van der Waals surface area contributed by atoms with Crippen LogP contribution < -0.4 is 4.72 Å². The summed E-state index contributed by atoms with van der Waals surface area (Å²) in [6.45, 7) is 1.09. The van der Waals surface area contributed by atoms with Gasteiger partial charge < -0.3 is 0 Å². The van der Waals surface area contributed by atoms with Crippen LogP contribution in [0.1, 0.15) is 43.2 Å². The van der Waals surface area contributed by atoms with Gasteiger partial charge in [-0.15, -0.1) is 0 Å². The average Bonchev–Trinajstić information content (AvgIpc) is 3.08. The summed E-state index contributed by atoms with van der Waals surface area (Å²) in [5.74, 6) is 0. The van der Waals surface area contributed by atoms with Gasteiger partial charge in [0.25, 0.3) is 0 Å². The van der Waals surface area contributed by atoms with Crippen molar-refractivity contribution >= 4 is 10.0 Å². The third kappa shape index (κ3) is 4.42. The molecule has 0 atom stereocenters. The molecule has 1 aromatic heterocycles. The van der Waals surface area contributed by atoms with Gasteiger partial charge in [0.1, 0.15) is 0 Å². The van der Waals surface area contributed by atoms with Gasteiger partial charge >= 0.3 is 0 Å². The molecule has 0 amide bonds. The molecule has 3 rings (SSSR count). The van der Waals surface area contributed by atoms with Crippen LogP contribution >= 0.6 is 0 Å².